The van der Waals surface area contributed by atoms with E-state index < -0.39 is 49.9 Å². The van der Waals surface area contributed by atoms with Crippen molar-refractivity contribution < 1.29 is 42.7 Å². The van der Waals surface area contributed by atoms with E-state index in [4.69, 9.17) is 18.0 Å². The van der Waals surface area contributed by atoms with E-state index in [1.54, 1.807) is 11.1 Å². The first-order valence-electron chi connectivity index (χ1n) is 39.2. The standard InChI is InChI=1S/C33H51O3PSi2.C28H42O3.C22H38O2Si.C4H8O/c1-26-27(22-23-37(34,29-18-14-12-15-19-29)30-20-16-13-17-21-30)24-28(35-38(8,9)32(2,3)4)25-31(26)36-39(10,11)33(5,6)7;1-19-21(17-22(29)18-24(19)30)9-8-20-7-5-13-27(4)23(20)10-11-25(27)28(15-16-28)14-6-12-26(2,3)31;1-20(2,24-25(4,5)6)12-8-14-22(15-16-22)19-11-10-17-18(23)9-7-13-21(17,19)3;1-2-4-5-3-1/h12-22,28,31H,1,23-25H2,2-11H3;8-9,11,22-24,29-31H,1,5-7,10,12-18H2,2-4H3;11,17H,7-10,12-16H2,1-6H3;1-4H2/b27-22-;20-8+,21-9-;;/t28-,31+;22?,23?,24-,27-;17?,21-;/m100./s1. The molecule has 8 atom stereocenters. The summed E-state index contributed by atoms with van der Waals surface area (Å²) in [6.07, 6.45) is 37.2. The van der Waals surface area contributed by atoms with Gasteiger partial charge in [0.25, 0.3) is 0 Å². The maximum Gasteiger partial charge on any atom is 0.192 e. The van der Waals surface area contributed by atoms with Crippen LogP contribution in [0, 0.1) is 33.5 Å². The summed E-state index contributed by atoms with van der Waals surface area (Å²) in [5, 5.41) is 32.3. The second kappa shape index (κ2) is 32.5. The Kier molecular flexibility index (Phi) is 26.9. The maximum atomic E-state index is 14.7. The number of aliphatic hydroxyl groups excluding tert-OH is 2. The molecular formula is C87H139O9PSi3. The van der Waals surface area contributed by atoms with Crippen LogP contribution in [0.15, 0.2) is 143 Å². The molecule has 3 unspecified atom stereocenters. The van der Waals surface area contributed by atoms with Gasteiger partial charge in [0.05, 0.1) is 35.6 Å². The average molecular weight is 1440 g/mol. The molecule has 0 amide bonds. The Morgan fingerprint density at radius 3 is 1.61 bits per heavy atom. The van der Waals surface area contributed by atoms with Crippen LogP contribution in [0.4, 0.5) is 0 Å². The molecule has 11 rings (SSSR count). The zero-order chi connectivity index (χ0) is 73.8. The first kappa shape index (κ1) is 82.5. The smallest absolute Gasteiger partial charge is 0.192 e. The van der Waals surface area contributed by atoms with E-state index in [9.17, 15) is 24.7 Å². The zero-order valence-electron chi connectivity index (χ0n) is 66.4. The largest absolute Gasteiger partial charge is 0.413 e. The van der Waals surface area contributed by atoms with E-state index in [2.05, 4.69) is 159 Å². The summed E-state index contributed by atoms with van der Waals surface area (Å²) in [7, 11) is -8.39. The molecule has 1 aliphatic heterocycles. The average Bonchev–Trinajstić information content (AvgIpc) is 1.56. The van der Waals surface area contributed by atoms with Crippen LogP contribution in [-0.4, -0.2) is 101 Å². The Morgan fingerprint density at radius 2 is 1.12 bits per heavy atom. The number of hydrogen-bond donors (Lipinski definition) is 3. The molecule has 9 aliphatic rings. The molecule has 1 heterocycles. The topological polar surface area (TPSA) is 132 Å². The van der Waals surface area contributed by atoms with Crippen LogP contribution in [0.2, 0.25) is 55.9 Å². The number of benzene rings is 2. The highest BCUT2D eigenvalue weighted by Gasteiger charge is 2.59. The summed E-state index contributed by atoms with van der Waals surface area (Å²) >= 11 is 0. The van der Waals surface area contributed by atoms with E-state index in [1.807, 2.05) is 74.5 Å². The van der Waals surface area contributed by atoms with Crippen molar-refractivity contribution in [2.24, 2.45) is 33.5 Å². The van der Waals surface area contributed by atoms with Crippen LogP contribution < -0.4 is 10.6 Å². The van der Waals surface area contributed by atoms with Gasteiger partial charge >= 0.3 is 0 Å². The third-order valence-electron chi connectivity index (χ3n) is 25.6. The molecule has 0 radical (unpaired) electrons. The van der Waals surface area contributed by atoms with Gasteiger partial charge in [-0.2, -0.15) is 0 Å². The van der Waals surface area contributed by atoms with Crippen LogP contribution in [0.1, 0.15) is 237 Å². The highest BCUT2D eigenvalue weighted by atomic mass is 31.2. The molecule has 0 bridgehead atoms. The molecular weight excluding hydrogens is 1300 g/mol. The summed E-state index contributed by atoms with van der Waals surface area (Å²) in [6.45, 7) is 53.7. The molecule has 558 valence electrons. The molecule has 6 saturated carbocycles. The maximum absolute atomic E-state index is 14.7. The number of aliphatic hydroxyl groups is 3. The Bertz CT molecular complexity index is 3280. The minimum absolute atomic E-state index is 0.00213. The highest BCUT2D eigenvalue weighted by Crippen LogP contribution is 2.69. The van der Waals surface area contributed by atoms with E-state index in [1.165, 1.54) is 82.6 Å². The predicted molar refractivity (Wildman–Crippen MR) is 429 cm³/mol. The van der Waals surface area contributed by atoms with Crippen molar-refractivity contribution in [3.63, 3.8) is 0 Å². The Labute approximate surface area is 612 Å². The van der Waals surface area contributed by atoms with Gasteiger partial charge in [0.15, 0.2) is 25.0 Å². The first-order chi connectivity index (χ1) is 46.4. The van der Waals surface area contributed by atoms with Crippen molar-refractivity contribution in [2.75, 3.05) is 19.4 Å². The molecule has 9 nitrogen and oxygen atoms in total. The number of hydrogen-bond acceptors (Lipinski definition) is 9. The van der Waals surface area contributed by atoms with Crippen LogP contribution in [0.3, 0.4) is 0 Å². The lowest BCUT2D eigenvalue weighted by Crippen LogP contribution is -2.49. The second-order valence-corrected chi connectivity index (χ2v) is 54.7. The van der Waals surface area contributed by atoms with Crippen LogP contribution in [0.5, 0.6) is 0 Å². The van der Waals surface area contributed by atoms with Gasteiger partial charge in [0.2, 0.25) is 0 Å². The molecule has 13 heteroatoms. The molecule has 0 spiro atoms. The molecule has 100 heavy (non-hydrogen) atoms. The number of carbonyl (C=O) groups is 1. The van der Waals surface area contributed by atoms with Crippen molar-refractivity contribution in [3.8, 4) is 0 Å². The van der Waals surface area contributed by atoms with Crippen LogP contribution in [0.25, 0.3) is 0 Å². The number of carbonyl (C=O) groups excluding carboxylic acids is 1. The van der Waals surface area contributed by atoms with Crippen molar-refractivity contribution in [1.29, 1.82) is 0 Å². The third kappa shape index (κ3) is 20.7. The van der Waals surface area contributed by atoms with E-state index in [0.29, 0.717) is 47.5 Å². The van der Waals surface area contributed by atoms with Crippen LogP contribution >= 0.6 is 7.14 Å². The van der Waals surface area contributed by atoms with Gasteiger partial charge < -0.3 is 37.9 Å². The molecule has 0 aromatic heterocycles. The quantitative estimate of drug-likeness (QED) is 0.0635. The third-order valence-corrected chi connectivity index (χ3v) is 38.7. The second-order valence-electron chi connectivity index (χ2n) is 37.9. The normalized spacial score (nSPS) is 29.0. The fraction of sp³-hybridized carbons (Fsp3) is 0.690. The summed E-state index contributed by atoms with van der Waals surface area (Å²) < 4.78 is 40.0. The zero-order valence-corrected chi connectivity index (χ0v) is 70.3. The summed E-state index contributed by atoms with van der Waals surface area (Å²) in [6, 6.07) is 19.8. The lowest BCUT2D eigenvalue weighted by Gasteiger charge is -2.45. The molecule has 8 aliphatic carbocycles. The summed E-state index contributed by atoms with van der Waals surface area (Å²) in [5.41, 5.74) is 9.55. The SMILES string of the molecule is C1CCOC1.C=C1/C(=C\C=C2/CCC[C@]3(C)C(C4(CCCC(C)(C)O)CC4)=CCC23)CC(O)C[C@@H]1O.C=C1/C(=C\CP(=O)(c2ccccc2)c2ccccc2)C[C@@H](O[Si](C)(C)C(C)(C)C)C[C@@H]1O[Si](C)(C)C(C)(C)C.CC(C)(CCCC1(C2=CCC3C(=O)CCC[C@]23C)CC1)O[Si](C)(C)C. The fourth-order valence-corrected chi connectivity index (χ4v) is 24.6. The number of ketones is 1. The molecule has 7 fully saturated rings. The lowest BCUT2D eigenvalue weighted by molar-refractivity contribution is -0.128. The van der Waals surface area contributed by atoms with E-state index in [0.717, 1.165) is 110 Å². The number of allylic oxidation sites excluding steroid dienone is 8. The molecule has 2 aromatic rings. The Hall–Kier alpha value is -3.11. The van der Waals surface area contributed by atoms with Crippen molar-refractivity contribution in [3.05, 3.63) is 143 Å². The van der Waals surface area contributed by atoms with Crippen molar-refractivity contribution in [2.45, 2.75) is 329 Å². The van der Waals surface area contributed by atoms with E-state index >= 15 is 0 Å². The Balaban J connectivity index is 0.000000188. The van der Waals surface area contributed by atoms with Gasteiger partial charge in [-0.05, 0) is 268 Å². The lowest BCUT2D eigenvalue weighted by atomic mass is 9.61. The molecule has 1 saturated heterocycles. The minimum atomic E-state index is -2.87. The molecule has 3 N–H and O–H groups in total. The molecule has 2 aromatic carbocycles. The number of rotatable bonds is 21. The number of ether oxygens (including phenoxy) is 1. The van der Waals surface area contributed by atoms with Gasteiger partial charge in [-0.15, -0.1) is 0 Å². The fourth-order valence-electron chi connectivity index (χ4n) is 17.7. The van der Waals surface area contributed by atoms with Gasteiger partial charge in [-0.1, -0.05) is 176 Å². The number of Topliss-reactive ketones (excluding diaryl/α,β-unsaturated/α-hetero) is 1. The van der Waals surface area contributed by atoms with Gasteiger partial charge in [0, 0.05) is 55.2 Å². The predicted octanol–water partition coefficient (Wildman–Crippen LogP) is 21.9. The van der Waals surface area contributed by atoms with Gasteiger partial charge in [0.1, 0.15) is 12.9 Å². The minimum Gasteiger partial charge on any atom is -0.413 e. The van der Waals surface area contributed by atoms with E-state index in [-0.39, 0.29) is 38.7 Å². The Morgan fingerprint density at radius 1 is 0.620 bits per heavy atom. The number of fused-ring (bicyclic) bond motifs is 2. The van der Waals surface area contributed by atoms with Gasteiger partial charge in [-0.25, -0.2) is 0 Å². The monoisotopic (exact) mass is 1440 g/mol. The summed E-state index contributed by atoms with van der Waals surface area (Å²) in [4.78, 5) is 12.4. The van der Waals surface area contributed by atoms with Crippen molar-refractivity contribution >= 4 is 48.5 Å². The summed E-state index contributed by atoms with van der Waals surface area (Å²) in [5.74, 6) is 1.40. The van der Waals surface area contributed by atoms with Crippen molar-refractivity contribution in [1.82, 2.24) is 0 Å². The highest BCUT2D eigenvalue weighted by molar-refractivity contribution is 7.78. The first-order valence-corrected chi connectivity index (χ1v) is 50.3. The van der Waals surface area contributed by atoms with Crippen LogP contribution in [-0.2, 0) is 27.4 Å². The van der Waals surface area contributed by atoms with Gasteiger partial charge in [-0.3, -0.25) is 4.79 Å².